The van der Waals surface area contributed by atoms with Gasteiger partial charge in [0.05, 0.1) is 0 Å². The molecule has 2 aromatic carbocycles. The van der Waals surface area contributed by atoms with Gasteiger partial charge < -0.3 is 5.32 Å². The van der Waals surface area contributed by atoms with Crippen molar-refractivity contribution in [2.75, 3.05) is 25.0 Å². The molecule has 2 aromatic rings. The maximum atomic E-state index is 3.52. The second kappa shape index (κ2) is 8.48. The first kappa shape index (κ1) is 15.6. The molecule has 0 aliphatic heterocycles. The summed E-state index contributed by atoms with van der Waals surface area (Å²) in [5.41, 5.74) is 3.98. The number of benzene rings is 2. The minimum atomic E-state index is 0.971. The zero-order valence-electron chi connectivity index (χ0n) is 13.2. The molecule has 0 unspecified atom stereocenters. The quantitative estimate of drug-likeness (QED) is 0.781. The molecule has 0 saturated carbocycles. The highest BCUT2D eigenvalue weighted by atomic mass is 15.1. The van der Waals surface area contributed by atoms with Crippen LogP contribution in [0.4, 0.5) is 5.69 Å². The molecule has 0 spiro atoms. The van der Waals surface area contributed by atoms with Crippen LogP contribution in [0.1, 0.15) is 25.0 Å². The summed E-state index contributed by atoms with van der Waals surface area (Å²) in [6.45, 7) is 8.63. The van der Waals surface area contributed by atoms with Crippen molar-refractivity contribution in [3.8, 4) is 0 Å². The molecule has 0 aliphatic rings. The Morgan fingerprint density at radius 2 is 1.57 bits per heavy atom. The van der Waals surface area contributed by atoms with Gasteiger partial charge in [-0.05, 0) is 42.8 Å². The van der Waals surface area contributed by atoms with Crippen molar-refractivity contribution in [2.24, 2.45) is 0 Å². The van der Waals surface area contributed by atoms with E-state index in [0.29, 0.717) is 0 Å². The summed E-state index contributed by atoms with van der Waals surface area (Å²) in [5.74, 6) is 0. The van der Waals surface area contributed by atoms with Gasteiger partial charge in [0.2, 0.25) is 0 Å². The third-order valence-electron chi connectivity index (χ3n) is 3.81. The van der Waals surface area contributed by atoms with E-state index in [-0.39, 0.29) is 0 Å². The van der Waals surface area contributed by atoms with E-state index < -0.39 is 0 Å². The number of hydrogen-bond donors (Lipinski definition) is 1. The predicted molar refractivity (Wildman–Crippen MR) is 91.7 cm³/mol. The van der Waals surface area contributed by atoms with Crippen molar-refractivity contribution < 1.29 is 0 Å². The lowest BCUT2D eigenvalue weighted by Crippen LogP contribution is -2.22. The Morgan fingerprint density at radius 1 is 0.857 bits per heavy atom. The number of hydrogen-bond acceptors (Lipinski definition) is 2. The molecular weight excluding hydrogens is 256 g/mol. The molecule has 2 nitrogen and oxygen atoms in total. The topological polar surface area (TPSA) is 15.3 Å². The van der Waals surface area contributed by atoms with E-state index in [1.54, 1.807) is 0 Å². The SMILES string of the molecule is CCN(CC)Cc1cccc(NCCc2ccccc2)c1. The van der Waals surface area contributed by atoms with Crippen molar-refractivity contribution in [3.63, 3.8) is 0 Å². The van der Waals surface area contributed by atoms with Crippen LogP contribution in [0, 0.1) is 0 Å². The smallest absolute Gasteiger partial charge is 0.0343 e. The van der Waals surface area contributed by atoms with Crippen molar-refractivity contribution >= 4 is 5.69 Å². The van der Waals surface area contributed by atoms with E-state index in [9.17, 15) is 0 Å². The maximum Gasteiger partial charge on any atom is 0.0343 e. The fraction of sp³-hybridized carbons (Fsp3) is 0.368. The second-order valence-electron chi connectivity index (χ2n) is 5.32. The van der Waals surface area contributed by atoms with E-state index >= 15 is 0 Å². The third-order valence-corrected chi connectivity index (χ3v) is 3.81. The highest BCUT2D eigenvalue weighted by Gasteiger charge is 2.02. The standard InChI is InChI=1S/C19H26N2/c1-3-21(4-2)16-18-11-8-12-19(15-18)20-14-13-17-9-6-5-7-10-17/h5-12,15,20H,3-4,13-14,16H2,1-2H3. The molecule has 0 atom stereocenters. The molecule has 21 heavy (non-hydrogen) atoms. The van der Waals surface area contributed by atoms with E-state index in [1.807, 2.05) is 0 Å². The zero-order valence-corrected chi connectivity index (χ0v) is 13.2. The monoisotopic (exact) mass is 282 g/mol. The number of rotatable bonds is 8. The van der Waals surface area contributed by atoms with Crippen molar-refractivity contribution in [3.05, 3.63) is 65.7 Å². The van der Waals surface area contributed by atoms with Gasteiger partial charge in [-0.15, -0.1) is 0 Å². The second-order valence-corrected chi connectivity index (χ2v) is 5.32. The molecule has 0 aliphatic carbocycles. The van der Waals surface area contributed by atoms with E-state index in [4.69, 9.17) is 0 Å². The van der Waals surface area contributed by atoms with Gasteiger partial charge in [0, 0.05) is 18.8 Å². The van der Waals surface area contributed by atoms with Gasteiger partial charge in [0.1, 0.15) is 0 Å². The van der Waals surface area contributed by atoms with Gasteiger partial charge in [-0.25, -0.2) is 0 Å². The Labute approximate surface area is 128 Å². The molecule has 112 valence electrons. The molecule has 0 radical (unpaired) electrons. The molecule has 0 aromatic heterocycles. The third kappa shape index (κ3) is 5.24. The first-order valence-electron chi connectivity index (χ1n) is 7.91. The summed E-state index contributed by atoms with van der Waals surface area (Å²) in [6.07, 6.45) is 1.06. The molecule has 0 bridgehead atoms. The Morgan fingerprint density at radius 3 is 2.29 bits per heavy atom. The number of nitrogens with one attached hydrogen (secondary N) is 1. The van der Waals surface area contributed by atoms with Gasteiger partial charge in [-0.1, -0.05) is 56.3 Å². The van der Waals surface area contributed by atoms with Crippen LogP contribution in [0.25, 0.3) is 0 Å². The fourth-order valence-corrected chi connectivity index (χ4v) is 2.48. The van der Waals surface area contributed by atoms with Crippen LogP contribution in [-0.4, -0.2) is 24.5 Å². The van der Waals surface area contributed by atoms with Crippen molar-refractivity contribution in [1.82, 2.24) is 4.90 Å². The molecule has 0 fully saturated rings. The molecule has 0 saturated heterocycles. The summed E-state index contributed by atoms with van der Waals surface area (Å²) < 4.78 is 0. The van der Waals surface area contributed by atoms with Crippen LogP contribution < -0.4 is 5.32 Å². The summed E-state index contributed by atoms with van der Waals surface area (Å²) in [7, 11) is 0. The molecule has 2 rings (SSSR count). The molecule has 2 heteroatoms. The summed E-state index contributed by atoms with van der Waals surface area (Å²) in [6, 6.07) is 19.4. The highest BCUT2D eigenvalue weighted by Crippen LogP contribution is 2.13. The van der Waals surface area contributed by atoms with E-state index in [1.165, 1.54) is 16.8 Å². The Hall–Kier alpha value is -1.80. The van der Waals surface area contributed by atoms with Crippen LogP contribution >= 0.6 is 0 Å². The summed E-state index contributed by atoms with van der Waals surface area (Å²) >= 11 is 0. The molecule has 0 amide bonds. The maximum absolute atomic E-state index is 3.52. The lowest BCUT2D eigenvalue weighted by Gasteiger charge is -2.18. The highest BCUT2D eigenvalue weighted by molar-refractivity contribution is 5.45. The van der Waals surface area contributed by atoms with Gasteiger partial charge in [0.25, 0.3) is 0 Å². The van der Waals surface area contributed by atoms with Crippen LogP contribution in [0.15, 0.2) is 54.6 Å². The zero-order chi connectivity index (χ0) is 14.9. The van der Waals surface area contributed by atoms with Crippen LogP contribution in [0.3, 0.4) is 0 Å². The lowest BCUT2D eigenvalue weighted by atomic mass is 10.1. The van der Waals surface area contributed by atoms with E-state index in [0.717, 1.165) is 32.6 Å². The van der Waals surface area contributed by atoms with E-state index in [2.05, 4.69) is 78.7 Å². The van der Waals surface area contributed by atoms with Crippen LogP contribution in [0.2, 0.25) is 0 Å². The average Bonchev–Trinajstić information content (AvgIpc) is 2.54. The van der Waals surface area contributed by atoms with Gasteiger partial charge in [-0.2, -0.15) is 0 Å². The largest absolute Gasteiger partial charge is 0.385 e. The first-order chi connectivity index (χ1) is 10.3. The van der Waals surface area contributed by atoms with Gasteiger partial charge in [-0.3, -0.25) is 4.90 Å². The normalized spacial score (nSPS) is 10.8. The average molecular weight is 282 g/mol. The number of anilines is 1. The Balaban J connectivity index is 1.86. The molecule has 0 heterocycles. The minimum absolute atomic E-state index is 0.971. The first-order valence-corrected chi connectivity index (χ1v) is 7.91. The van der Waals surface area contributed by atoms with Crippen molar-refractivity contribution in [2.45, 2.75) is 26.8 Å². The lowest BCUT2D eigenvalue weighted by molar-refractivity contribution is 0.296. The molecular formula is C19H26N2. The fourth-order valence-electron chi connectivity index (χ4n) is 2.48. The van der Waals surface area contributed by atoms with Crippen molar-refractivity contribution in [1.29, 1.82) is 0 Å². The summed E-state index contributed by atoms with van der Waals surface area (Å²) in [4.78, 5) is 2.43. The number of nitrogens with zero attached hydrogens (tertiary/aromatic N) is 1. The minimum Gasteiger partial charge on any atom is -0.385 e. The van der Waals surface area contributed by atoms with Gasteiger partial charge in [0.15, 0.2) is 0 Å². The Kier molecular flexibility index (Phi) is 6.29. The van der Waals surface area contributed by atoms with Gasteiger partial charge >= 0.3 is 0 Å². The molecule has 1 N–H and O–H groups in total. The Bertz CT molecular complexity index is 518. The summed E-state index contributed by atoms with van der Waals surface area (Å²) in [5, 5.41) is 3.52. The van der Waals surface area contributed by atoms with Crippen LogP contribution in [0.5, 0.6) is 0 Å². The predicted octanol–water partition coefficient (Wildman–Crippen LogP) is 4.18. The van der Waals surface area contributed by atoms with Crippen LogP contribution in [-0.2, 0) is 13.0 Å².